The van der Waals surface area contributed by atoms with Gasteiger partial charge in [0, 0.05) is 17.8 Å². The molecule has 0 bridgehead atoms. The number of aromatic nitrogens is 4. The molecular formula is C15H23N5. The van der Waals surface area contributed by atoms with Gasteiger partial charge in [-0.3, -0.25) is 0 Å². The summed E-state index contributed by atoms with van der Waals surface area (Å²) in [6.45, 7) is 5.33. The third kappa shape index (κ3) is 3.56. The summed E-state index contributed by atoms with van der Waals surface area (Å²) in [6, 6.07) is 7.68. The Morgan fingerprint density at radius 1 is 1.20 bits per heavy atom. The van der Waals surface area contributed by atoms with Crippen LogP contribution in [0.2, 0.25) is 0 Å². The average molecular weight is 273 g/mol. The Kier molecular flexibility index (Phi) is 5.09. The van der Waals surface area contributed by atoms with Crippen LogP contribution in [0.4, 0.5) is 5.69 Å². The normalized spacial score (nSPS) is 12.5. The molecule has 1 atom stereocenters. The summed E-state index contributed by atoms with van der Waals surface area (Å²) < 4.78 is 1.91. The Labute approximate surface area is 120 Å². The van der Waals surface area contributed by atoms with Crippen LogP contribution in [0.25, 0.3) is 11.4 Å². The van der Waals surface area contributed by atoms with Crippen LogP contribution in [0, 0.1) is 5.92 Å². The molecule has 0 saturated carbocycles. The minimum absolute atomic E-state index is 0.631. The van der Waals surface area contributed by atoms with Gasteiger partial charge in [0.05, 0.1) is 0 Å². The van der Waals surface area contributed by atoms with Crippen molar-refractivity contribution in [1.29, 1.82) is 0 Å². The van der Waals surface area contributed by atoms with E-state index in [4.69, 9.17) is 5.73 Å². The predicted molar refractivity (Wildman–Crippen MR) is 81.0 cm³/mol. The maximum Gasteiger partial charge on any atom is 0.182 e. The summed E-state index contributed by atoms with van der Waals surface area (Å²) in [7, 11) is 0. The maximum absolute atomic E-state index is 5.72. The molecule has 1 aromatic carbocycles. The molecule has 2 N–H and O–H groups in total. The van der Waals surface area contributed by atoms with Crippen molar-refractivity contribution in [3.05, 3.63) is 24.3 Å². The van der Waals surface area contributed by atoms with Crippen molar-refractivity contribution >= 4 is 5.69 Å². The largest absolute Gasteiger partial charge is 0.399 e. The fourth-order valence-corrected chi connectivity index (χ4v) is 2.33. The van der Waals surface area contributed by atoms with E-state index in [1.165, 1.54) is 19.3 Å². The Morgan fingerprint density at radius 3 is 2.60 bits per heavy atom. The molecule has 0 aliphatic heterocycles. The number of tetrazole rings is 1. The minimum atomic E-state index is 0.631. The van der Waals surface area contributed by atoms with Crippen LogP contribution in [-0.4, -0.2) is 20.2 Å². The summed E-state index contributed by atoms with van der Waals surface area (Å²) in [6.07, 6.45) is 4.88. The first-order chi connectivity index (χ1) is 9.74. The Balaban J connectivity index is 2.13. The van der Waals surface area contributed by atoms with E-state index < -0.39 is 0 Å². The number of nitrogen functional groups attached to an aromatic ring is 1. The second-order valence-electron chi connectivity index (χ2n) is 5.22. The van der Waals surface area contributed by atoms with Gasteiger partial charge in [-0.05, 0) is 47.0 Å². The second kappa shape index (κ2) is 7.03. The minimum Gasteiger partial charge on any atom is -0.399 e. The van der Waals surface area contributed by atoms with Crippen LogP contribution in [0.5, 0.6) is 0 Å². The van der Waals surface area contributed by atoms with E-state index in [9.17, 15) is 0 Å². The van der Waals surface area contributed by atoms with E-state index in [0.717, 1.165) is 30.0 Å². The van der Waals surface area contributed by atoms with Gasteiger partial charge in [0.1, 0.15) is 0 Å². The Morgan fingerprint density at radius 2 is 1.95 bits per heavy atom. The van der Waals surface area contributed by atoms with Crippen molar-refractivity contribution in [3.63, 3.8) is 0 Å². The summed E-state index contributed by atoms with van der Waals surface area (Å²) in [5.41, 5.74) is 7.48. The number of benzene rings is 1. The maximum atomic E-state index is 5.72. The standard InChI is InChI=1S/C15H23N5/c1-3-5-6-12(4-2)11-20-15(17-18-19-20)13-7-9-14(16)10-8-13/h7-10,12H,3-6,11,16H2,1-2H3. The highest BCUT2D eigenvalue weighted by atomic mass is 15.5. The lowest BCUT2D eigenvalue weighted by molar-refractivity contribution is 0.370. The molecule has 0 radical (unpaired) electrons. The molecule has 2 aromatic rings. The van der Waals surface area contributed by atoms with Gasteiger partial charge in [-0.15, -0.1) is 5.10 Å². The molecule has 20 heavy (non-hydrogen) atoms. The molecule has 0 spiro atoms. The molecule has 108 valence electrons. The summed E-state index contributed by atoms with van der Waals surface area (Å²) in [4.78, 5) is 0. The number of hydrogen-bond donors (Lipinski definition) is 1. The van der Waals surface area contributed by atoms with Crippen LogP contribution in [0.15, 0.2) is 24.3 Å². The molecular weight excluding hydrogens is 250 g/mol. The van der Waals surface area contributed by atoms with Crippen molar-refractivity contribution < 1.29 is 0 Å². The van der Waals surface area contributed by atoms with Crippen LogP contribution in [0.1, 0.15) is 39.5 Å². The van der Waals surface area contributed by atoms with Crippen molar-refractivity contribution in [2.24, 2.45) is 5.92 Å². The van der Waals surface area contributed by atoms with E-state index in [0.29, 0.717) is 5.92 Å². The fraction of sp³-hybridized carbons (Fsp3) is 0.533. The lowest BCUT2D eigenvalue weighted by Crippen LogP contribution is -2.13. The van der Waals surface area contributed by atoms with Crippen molar-refractivity contribution in [2.45, 2.75) is 46.1 Å². The highest BCUT2D eigenvalue weighted by Crippen LogP contribution is 2.20. The molecule has 1 heterocycles. The first kappa shape index (κ1) is 14.5. The van der Waals surface area contributed by atoms with Crippen LogP contribution in [-0.2, 0) is 6.54 Å². The van der Waals surface area contributed by atoms with Gasteiger partial charge in [-0.1, -0.05) is 33.1 Å². The zero-order valence-corrected chi connectivity index (χ0v) is 12.3. The third-order valence-corrected chi connectivity index (χ3v) is 3.68. The first-order valence-corrected chi connectivity index (χ1v) is 7.36. The number of rotatable bonds is 7. The second-order valence-corrected chi connectivity index (χ2v) is 5.22. The van der Waals surface area contributed by atoms with Crippen LogP contribution in [0.3, 0.4) is 0 Å². The Bertz CT molecular complexity index is 517. The van der Waals surface area contributed by atoms with Crippen molar-refractivity contribution in [3.8, 4) is 11.4 Å². The lowest BCUT2D eigenvalue weighted by atomic mass is 9.99. The number of unbranched alkanes of at least 4 members (excludes halogenated alkanes) is 1. The average Bonchev–Trinajstić information content (AvgIpc) is 2.92. The summed E-state index contributed by atoms with van der Waals surface area (Å²) in [5, 5.41) is 12.1. The van der Waals surface area contributed by atoms with Crippen LogP contribution < -0.4 is 5.73 Å². The van der Waals surface area contributed by atoms with Gasteiger partial charge in [-0.2, -0.15) is 0 Å². The zero-order chi connectivity index (χ0) is 14.4. The molecule has 1 aromatic heterocycles. The molecule has 0 amide bonds. The van der Waals surface area contributed by atoms with Crippen molar-refractivity contribution in [1.82, 2.24) is 20.2 Å². The van der Waals surface area contributed by atoms with E-state index in [1.54, 1.807) is 0 Å². The molecule has 0 fully saturated rings. The monoisotopic (exact) mass is 273 g/mol. The predicted octanol–water partition coefficient (Wildman–Crippen LogP) is 3.14. The number of hydrogen-bond acceptors (Lipinski definition) is 4. The van der Waals surface area contributed by atoms with Gasteiger partial charge in [-0.25, -0.2) is 4.68 Å². The molecule has 5 heteroatoms. The van der Waals surface area contributed by atoms with Gasteiger partial charge < -0.3 is 5.73 Å². The fourth-order valence-electron chi connectivity index (χ4n) is 2.33. The molecule has 0 saturated heterocycles. The molecule has 5 nitrogen and oxygen atoms in total. The highest BCUT2D eigenvalue weighted by Gasteiger charge is 2.13. The summed E-state index contributed by atoms with van der Waals surface area (Å²) >= 11 is 0. The van der Waals surface area contributed by atoms with E-state index in [-0.39, 0.29) is 0 Å². The quantitative estimate of drug-likeness (QED) is 0.787. The number of nitrogens with two attached hydrogens (primary N) is 1. The zero-order valence-electron chi connectivity index (χ0n) is 12.3. The van der Waals surface area contributed by atoms with Gasteiger partial charge >= 0.3 is 0 Å². The number of anilines is 1. The third-order valence-electron chi connectivity index (χ3n) is 3.68. The Hall–Kier alpha value is -1.91. The van der Waals surface area contributed by atoms with E-state index in [1.807, 2.05) is 28.9 Å². The highest BCUT2D eigenvalue weighted by molar-refractivity contribution is 5.58. The summed E-state index contributed by atoms with van der Waals surface area (Å²) in [5.74, 6) is 1.45. The van der Waals surface area contributed by atoms with Gasteiger partial charge in [0.2, 0.25) is 0 Å². The molecule has 1 unspecified atom stereocenters. The lowest BCUT2D eigenvalue weighted by Gasteiger charge is -2.14. The van der Waals surface area contributed by atoms with Gasteiger partial charge in [0.25, 0.3) is 0 Å². The van der Waals surface area contributed by atoms with E-state index in [2.05, 4.69) is 29.4 Å². The van der Waals surface area contributed by atoms with Crippen molar-refractivity contribution in [2.75, 3.05) is 5.73 Å². The van der Waals surface area contributed by atoms with Crippen LogP contribution >= 0.6 is 0 Å². The molecule has 0 aliphatic rings. The smallest absolute Gasteiger partial charge is 0.182 e. The van der Waals surface area contributed by atoms with Gasteiger partial charge in [0.15, 0.2) is 5.82 Å². The number of nitrogens with zero attached hydrogens (tertiary/aromatic N) is 4. The molecule has 0 aliphatic carbocycles. The van der Waals surface area contributed by atoms with E-state index >= 15 is 0 Å². The SMILES string of the molecule is CCCCC(CC)Cn1nnnc1-c1ccc(N)cc1. The topological polar surface area (TPSA) is 69.6 Å². The molecule has 2 rings (SSSR count). The first-order valence-electron chi connectivity index (χ1n) is 7.36.